The van der Waals surface area contributed by atoms with Crippen LogP contribution < -0.4 is 5.32 Å². The molecule has 1 amide bonds. The number of hydrogen-bond acceptors (Lipinski definition) is 3. The van der Waals surface area contributed by atoms with Crippen molar-refractivity contribution in [2.75, 3.05) is 18.4 Å². The Morgan fingerprint density at radius 1 is 1.15 bits per heavy atom. The molecular formula is C20H23ClN2O3S. The minimum atomic E-state index is -3.66. The molecule has 7 heteroatoms. The number of carbonyl (C=O) groups excluding carboxylic acids is 1. The van der Waals surface area contributed by atoms with Gasteiger partial charge in [-0.05, 0) is 43.0 Å². The molecule has 27 heavy (non-hydrogen) atoms. The standard InChI is InChI=1S/C20H23ClN2O3S/c1-2-17(15-8-4-3-5-9-15)20(24)22-16-10-11-18(21)19(14-16)27(25,26)23-12-6-7-13-23/h3-5,8-11,14,17H,2,6-7,12-13H2,1H3,(H,22,24)/t17-/m1/s1. The Kier molecular flexibility index (Phi) is 6.19. The second-order valence-electron chi connectivity index (χ2n) is 6.62. The molecule has 0 bridgehead atoms. The van der Waals surface area contributed by atoms with Crippen LogP contribution in [0.1, 0.15) is 37.7 Å². The topological polar surface area (TPSA) is 66.5 Å². The van der Waals surface area contributed by atoms with Gasteiger partial charge in [-0.25, -0.2) is 8.42 Å². The second-order valence-corrected chi connectivity index (χ2v) is 8.93. The highest BCUT2D eigenvalue weighted by atomic mass is 35.5. The highest BCUT2D eigenvalue weighted by Gasteiger charge is 2.29. The highest BCUT2D eigenvalue weighted by molar-refractivity contribution is 7.89. The van der Waals surface area contributed by atoms with E-state index in [9.17, 15) is 13.2 Å². The van der Waals surface area contributed by atoms with E-state index >= 15 is 0 Å². The Labute approximate surface area is 165 Å². The normalized spacial score (nSPS) is 16.2. The van der Waals surface area contributed by atoms with Crippen LogP contribution in [0.5, 0.6) is 0 Å². The van der Waals surface area contributed by atoms with Gasteiger partial charge in [-0.1, -0.05) is 48.9 Å². The lowest BCUT2D eigenvalue weighted by molar-refractivity contribution is -0.117. The zero-order chi connectivity index (χ0) is 19.4. The maximum absolute atomic E-state index is 12.8. The molecule has 1 saturated heterocycles. The number of nitrogens with zero attached hydrogens (tertiary/aromatic N) is 1. The smallest absolute Gasteiger partial charge is 0.244 e. The van der Waals surface area contributed by atoms with Crippen molar-refractivity contribution in [3.05, 3.63) is 59.1 Å². The maximum Gasteiger partial charge on any atom is 0.244 e. The van der Waals surface area contributed by atoms with E-state index in [2.05, 4.69) is 5.32 Å². The molecular weight excluding hydrogens is 384 g/mol. The van der Waals surface area contributed by atoms with Crippen LogP contribution in [0.25, 0.3) is 0 Å². The van der Waals surface area contributed by atoms with E-state index in [1.807, 2.05) is 37.3 Å². The van der Waals surface area contributed by atoms with Crippen LogP contribution in [-0.4, -0.2) is 31.7 Å². The van der Waals surface area contributed by atoms with Gasteiger partial charge in [0.05, 0.1) is 10.9 Å². The number of halogens is 1. The second kappa shape index (κ2) is 8.42. The quantitative estimate of drug-likeness (QED) is 0.779. The average Bonchev–Trinajstić information content (AvgIpc) is 3.20. The van der Waals surface area contributed by atoms with Crippen molar-refractivity contribution in [1.82, 2.24) is 4.31 Å². The van der Waals surface area contributed by atoms with Crippen molar-refractivity contribution in [1.29, 1.82) is 0 Å². The van der Waals surface area contributed by atoms with Crippen molar-refractivity contribution in [3.8, 4) is 0 Å². The van der Waals surface area contributed by atoms with Crippen LogP contribution >= 0.6 is 11.6 Å². The Morgan fingerprint density at radius 2 is 1.81 bits per heavy atom. The molecule has 0 saturated carbocycles. The van der Waals surface area contributed by atoms with Gasteiger partial charge >= 0.3 is 0 Å². The first-order valence-corrected chi connectivity index (χ1v) is 10.9. The fourth-order valence-electron chi connectivity index (χ4n) is 3.33. The molecule has 144 valence electrons. The molecule has 1 fully saturated rings. The third kappa shape index (κ3) is 4.34. The predicted molar refractivity (Wildman–Crippen MR) is 108 cm³/mol. The molecule has 1 aliphatic heterocycles. The fraction of sp³-hybridized carbons (Fsp3) is 0.350. The van der Waals surface area contributed by atoms with Crippen molar-refractivity contribution in [3.63, 3.8) is 0 Å². The summed E-state index contributed by atoms with van der Waals surface area (Å²) in [6, 6.07) is 14.1. The lowest BCUT2D eigenvalue weighted by atomic mass is 9.95. The summed E-state index contributed by atoms with van der Waals surface area (Å²) in [5.74, 6) is -0.476. The predicted octanol–water partition coefficient (Wildman–Crippen LogP) is 4.26. The molecule has 1 aliphatic rings. The molecule has 0 aliphatic carbocycles. The van der Waals surface area contributed by atoms with Crippen LogP contribution in [0.4, 0.5) is 5.69 Å². The first kappa shape index (κ1) is 19.9. The lowest BCUT2D eigenvalue weighted by Crippen LogP contribution is -2.28. The summed E-state index contributed by atoms with van der Waals surface area (Å²) in [6.45, 7) is 2.95. The number of nitrogens with one attached hydrogen (secondary N) is 1. The molecule has 3 rings (SSSR count). The van der Waals surface area contributed by atoms with Crippen LogP contribution in [0.15, 0.2) is 53.4 Å². The minimum Gasteiger partial charge on any atom is -0.326 e. The molecule has 1 atom stereocenters. The Bertz CT molecular complexity index is 910. The summed E-state index contributed by atoms with van der Waals surface area (Å²) in [5, 5.41) is 3.00. The largest absolute Gasteiger partial charge is 0.326 e. The average molecular weight is 407 g/mol. The van der Waals surface area contributed by atoms with E-state index in [0.29, 0.717) is 25.2 Å². The van der Waals surface area contributed by atoms with E-state index in [1.54, 1.807) is 6.07 Å². The maximum atomic E-state index is 12.8. The number of rotatable bonds is 6. The van der Waals surface area contributed by atoms with Crippen LogP contribution in [-0.2, 0) is 14.8 Å². The first-order chi connectivity index (χ1) is 12.9. The third-order valence-corrected chi connectivity index (χ3v) is 7.19. The van der Waals surface area contributed by atoms with Gasteiger partial charge in [0.2, 0.25) is 15.9 Å². The Morgan fingerprint density at radius 3 is 2.44 bits per heavy atom. The molecule has 2 aromatic rings. The SMILES string of the molecule is CC[C@@H](C(=O)Nc1ccc(Cl)c(S(=O)(=O)N2CCCC2)c1)c1ccccc1. The number of amides is 1. The van der Waals surface area contributed by atoms with Crippen molar-refractivity contribution < 1.29 is 13.2 Å². The Balaban J connectivity index is 1.84. The van der Waals surface area contributed by atoms with Crippen molar-refractivity contribution in [2.45, 2.75) is 37.0 Å². The molecule has 1 heterocycles. The lowest BCUT2D eigenvalue weighted by Gasteiger charge is -2.18. The zero-order valence-electron chi connectivity index (χ0n) is 15.2. The number of anilines is 1. The number of benzene rings is 2. The number of sulfonamides is 1. The summed E-state index contributed by atoms with van der Waals surface area (Å²) in [5.41, 5.74) is 1.35. The molecule has 0 aromatic heterocycles. The van der Waals surface area contributed by atoms with Gasteiger partial charge in [0.1, 0.15) is 4.90 Å². The summed E-state index contributed by atoms with van der Waals surface area (Å²) >= 11 is 6.16. The summed E-state index contributed by atoms with van der Waals surface area (Å²) in [6.07, 6.45) is 2.34. The van der Waals surface area contributed by atoms with Gasteiger partial charge in [-0.2, -0.15) is 4.31 Å². The van der Waals surface area contributed by atoms with Gasteiger partial charge in [-0.15, -0.1) is 0 Å². The first-order valence-electron chi connectivity index (χ1n) is 9.09. The monoisotopic (exact) mass is 406 g/mol. The number of hydrogen-bond donors (Lipinski definition) is 1. The third-order valence-electron chi connectivity index (χ3n) is 4.81. The summed E-state index contributed by atoms with van der Waals surface area (Å²) < 4.78 is 27.1. The highest BCUT2D eigenvalue weighted by Crippen LogP contribution is 2.30. The van der Waals surface area contributed by atoms with Gasteiger partial charge < -0.3 is 5.32 Å². The number of carbonyl (C=O) groups is 1. The summed E-state index contributed by atoms with van der Waals surface area (Å²) in [4.78, 5) is 12.8. The molecule has 2 aromatic carbocycles. The van der Waals surface area contributed by atoms with Gasteiger partial charge in [0, 0.05) is 18.8 Å². The van der Waals surface area contributed by atoms with Crippen LogP contribution in [0.2, 0.25) is 5.02 Å². The minimum absolute atomic E-state index is 0.0385. The molecule has 5 nitrogen and oxygen atoms in total. The molecule has 0 spiro atoms. The molecule has 1 N–H and O–H groups in total. The van der Waals surface area contributed by atoms with Crippen LogP contribution in [0, 0.1) is 0 Å². The van der Waals surface area contributed by atoms with Crippen LogP contribution in [0.3, 0.4) is 0 Å². The fourth-order valence-corrected chi connectivity index (χ4v) is 5.35. The van der Waals surface area contributed by atoms with E-state index in [4.69, 9.17) is 11.6 Å². The van der Waals surface area contributed by atoms with Crippen molar-refractivity contribution in [2.24, 2.45) is 0 Å². The van der Waals surface area contributed by atoms with E-state index in [-0.39, 0.29) is 21.7 Å². The van der Waals surface area contributed by atoms with E-state index in [1.165, 1.54) is 16.4 Å². The summed E-state index contributed by atoms with van der Waals surface area (Å²) in [7, 11) is -3.66. The molecule has 0 radical (unpaired) electrons. The van der Waals surface area contributed by atoms with Gasteiger partial charge in [-0.3, -0.25) is 4.79 Å². The van der Waals surface area contributed by atoms with Gasteiger partial charge in [0.25, 0.3) is 0 Å². The Hall–Kier alpha value is -1.89. The zero-order valence-corrected chi connectivity index (χ0v) is 16.8. The molecule has 0 unspecified atom stereocenters. The van der Waals surface area contributed by atoms with Crippen molar-refractivity contribution >= 4 is 33.2 Å². The van der Waals surface area contributed by atoms with E-state index < -0.39 is 10.0 Å². The van der Waals surface area contributed by atoms with Gasteiger partial charge in [0.15, 0.2) is 0 Å². The van der Waals surface area contributed by atoms with E-state index in [0.717, 1.165) is 18.4 Å².